The lowest BCUT2D eigenvalue weighted by Gasteiger charge is -2.37. The number of carbonyl (C=O) groups excluding carboxylic acids is 1. The lowest BCUT2D eigenvalue weighted by molar-refractivity contribution is -0.00933. The van der Waals surface area contributed by atoms with Gasteiger partial charge in [0.2, 0.25) is 0 Å². The van der Waals surface area contributed by atoms with Crippen molar-refractivity contribution in [3.63, 3.8) is 0 Å². The second-order valence-electron chi connectivity index (χ2n) is 6.90. The highest BCUT2D eigenvalue weighted by atomic mass is 16.3. The standard InChI is InChI=1S/C19H26N2O2/c1-2-8-19(23)9-11-21(12-10-19)18(22)20-14-16-13-17(16)15-6-4-3-5-7-15/h2-7,16-17,23H,1,8-14H2,(H,20,22)/t16-,17-/m0/s1. The van der Waals surface area contributed by atoms with E-state index in [4.69, 9.17) is 0 Å². The summed E-state index contributed by atoms with van der Waals surface area (Å²) in [6.45, 7) is 5.66. The van der Waals surface area contributed by atoms with Crippen LogP contribution in [0.15, 0.2) is 43.0 Å². The molecule has 124 valence electrons. The first-order valence-electron chi connectivity index (χ1n) is 8.52. The maximum Gasteiger partial charge on any atom is 0.317 e. The van der Waals surface area contributed by atoms with E-state index in [-0.39, 0.29) is 6.03 Å². The number of nitrogens with one attached hydrogen (secondary N) is 1. The van der Waals surface area contributed by atoms with Crippen molar-refractivity contribution in [2.24, 2.45) is 5.92 Å². The summed E-state index contributed by atoms with van der Waals surface area (Å²) in [4.78, 5) is 14.1. The highest BCUT2D eigenvalue weighted by Crippen LogP contribution is 2.46. The van der Waals surface area contributed by atoms with Gasteiger partial charge in [0.25, 0.3) is 0 Å². The molecule has 4 heteroatoms. The van der Waals surface area contributed by atoms with Crippen LogP contribution >= 0.6 is 0 Å². The quantitative estimate of drug-likeness (QED) is 0.821. The molecule has 0 bridgehead atoms. The summed E-state index contributed by atoms with van der Waals surface area (Å²) in [5.74, 6) is 1.15. The molecule has 0 unspecified atom stereocenters. The third-order valence-electron chi connectivity index (χ3n) is 5.17. The zero-order valence-corrected chi connectivity index (χ0v) is 13.6. The molecule has 1 heterocycles. The highest BCUT2D eigenvalue weighted by Gasteiger charge is 2.39. The van der Waals surface area contributed by atoms with Crippen LogP contribution in [-0.4, -0.2) is 41.3 Å². The molecule has 4 nitrogen and oxygen atoms in total. The van der Waals surface area contributed by atoms with E-state index in [1.54, 1.807) is 6.08 Å². The Bertz CT molecular complexity index is 550. The van der Waals surface area contributed by atoms with E-state index in [1.165, 1.54) is 5.56 Å². The Morgan fingerprint density at radius 1 is 1.35 bits per heavy atom. The lowest BCUT2D eigenvalue weighted by atomic mass is 9.88. The number of hydrogen-bond acceptors (Lipinski definition) is 2. The molecule has 1 aromatic rings. The number of piperidine rings is 1. The summed E-state index contributed by atoms with van der Waals surface area (Å²) in [6.07, 6.45) is 4.77. The molecule has 1 aromatic carbocycles. The van der Waals surface area contributed by atoms with Crippen molar-refractivity contribution in [2.75, 3.05) is 19.6 Å². The molecule has 2 atom stereocenters. The Morgan fingerprint density at radius 2 is 2.04 bits per heavy atom. The van der Waals surface area contributed by atoms with Gasteiger partial charge in [0, 0.05) is 19.6 Å². The molecule has 2 aliphatic rings. The molecule has 2 N–H and O–H groups in total. The van der Waals surface area contributed by atoms with Crippen molar-refractivity contribution < 1.29 is 9.90 Å². The summed E-state index contributed by atoms with van der Waals surface area (Å²) in [6, 6.07) is 10.5. The molecule has 23 heavy (non-hydrogen) atoms. The van der Waals surface area contributed by atoms with Gasteiger partial charge in [-0.15, -0.1) is 6.58 Å². The molecule has 0 radical (unpaired) electrons. The molecule has 0 spiro atoms. The molecular formula is C19H26N2O2. The molecule has 0 aromatic heterocycles. The number of benzene rings is 1. The molecule has 2 fully saturated rings. The van der Waals surface area contributed by atoms with Crippen molar-refractivity contribution in [3.8, 4) is 0 Å². The van der Waals surface area contributed by atoms with Gasteiger partial charge >= 0.3 is 6.03 Å². The third-order valence-corrected chi connectivity index (χ3v) is 5.17. The fourth-order valence-electron chi connectivity index (χ4n) is 3.51. The number of aliphatic hydroxyl groups is 1. The van der Waals surface area contributed by atoms with Gasteiger partial charge in [-0.2, -0.15) is 0 Å². The minimum atomic E-state index is -0.673. The summed E-state index contributed by atoms with van der Waals surface area (Å²) >= 11 is 0. The maximum absolute atomic E-state index is 12.3. The number of rotatable bonds is 5. The molecule has 1 aliphatic heterocycles. The first kappa shape index (κ1) is 16.1. The van der Waals surface area contributed by atoms with Crippen LogP contribution in [0.4, 0.5) is 4.79 Å². The van der Waals surface area contributed by atoms with Gasteiger partial charge in [0.05, 0.1) is 5.60 Å². The van der Waals surface area contributed by atoms with Crippen LogP contribution < -0.4 is 5.32 Å². The first-order chi connectivity index (χ1) is 11.1. The van der Waals surface area contributed by atoms with Crippen molar-refractivity contribution in [1.29, 1.82) is 0 Å². The second-order valence-corrected chi connectivity index (χ2v) is 6.90. The van der Waals surface area contributed by atoms with E-state index in [1.807, 2.05) is 11.0 Å². The van der Waals surface area contributed by atoms with E-state index in [2.05, 4.69) is 36.2 Å². The number of carbonyl (C=O) groups is 1. The average Bonchev–Trinajstić information content (AvgIpc) is 3.34. The van der Waals surface area contributed by atoms with Gasteiger partial charge in [0.15, 0.2) is 0 Å². The summed E-state index contributed by atoms with van der Waals surface area (Å²) < 4.78 is 0. The average molecular weight is 314 g/mol. The number of nitrogens with zero attached hydrogens (tertiary/aromatic N) is 1. The second kappa shape index (κ2) is 6.75. The Balaban J connectivity index is 1.41. The van der Waals surface area contributed by atoms with Crippen LogP contribution in [0, 0.1) is 5.92 Å². The first-order valence-corrected chi connectivity index (χ1v) is 8.52. The largest absolute Gasteiger partial charge is 0.389 e. The van der Waals surface area contributed by atoms with Crippen LogP contribution in [-0.2, 0) is 0 Å². The fraction of sp³-hybridized carbons (Fsp3) is 0.526. The predicted molar refractivity (Wildman–Crippen MR) is 91.3 cm³/mol. The fourth-order valence-corrected chi connectivity index (χ4v) is 3.51. The summed E-state index contributed by atoms with van der Waals surface area (Å²) in [5, 5.41) is 13.4. The molecular weight excluding hydrogens is 288 g/mol. The number of likely N-dealkylation sites (tertiary alicyclic amines) is 1. The minimum absolute atomic E-state index is 0.00404. The summed E-state index contributed by atoms with van der Waals surface area (Å²) in [7, 11) is 0. The smallest absolute Gasteiger partial charge is 0.317 e. The van der Waals surface area contributed by atoms with Crippen LogP contribution in [0.3, 0.4) is 0 Å². The van der Waals surface area contributed by atoms with Gasteiger partial charge in [-0.25, -0.2) is 4.79 Å². The van der Waals surface area contributed by atoms with Gasteiger partial charge in [0.1, 0.15) is 0 Å². The van der Waals surface area contributed by atoms with Crippen molar-refractivity contribution in [1.82, 2.24) is 10.2 Å². The Kier molecular flexibility index (Phi) is 4.71. The predicted octanol–water partition coefficient (Wildman–Crippen LogP) is 2.90. The monoisotopic (exact) mass is 314 g/mol. The van der Waals surface area contributed by atoms with E-state index in [0.29, 0.717) is 44.2 Å². The van der Waals surface area contributed by atoms with Crippen molar-refractivity contribution in [3.05, 3.63) is 48.6 Å². The van der Waals surface area contributed by atoms with Gasteiger partial charge in [-0.05, 0) is 43.1 Å². The Morgan fingerprint density at radius 3 is 2.70 bits per heavy atom. The highest BCUT2D eigenvalue weighted by molar-refractivity contribution is 5.74. The molecule has 1 saturated carbocycles. The van der Waals surface area contributed by atoms with E-state index in [0.717, 1.165) is 13.0 Å². The van der Waals surface area contributed by atoms with Gasteiger partial charge in [-0.3, -0.25) is 0 Å². The van der Waals surface area contributed by atoms with Crippen molar-refractivity contribution >= 4 is 6.03 Å². The lowest BCUT2D eigenvalue weighted by Crippen LogP contribution is -2.50. The van der Waals surface area contributed by atoms with Gasteiger partial charge < -0.3 is 15.3 Å². The van der Waals surface area contributed by atoms with Crippen LogP contribution in [0.5, 0.6) is 0 Å². The Labute approximate surface area is 138 Å². The molecule has 2 amide bonds. The van der Waals surface area contributed by atoms with Crippen LogP contribution in [0.25, 0.3) is 0 Å². The topological polar surface area (TPSA) is 52.6 Å². The molecule has 3 rings (SSSR count). The van der Waals surface area contributed by atoms with Crippen LogP contribution in [0.2, 0.25) is 0 Å². The van der Waals surface area contributed by atoms with Crippen LogP contribution in [0.1, 0.15) is 37.2 Å². The van der Waals surface area contributed by atoms with Gasteiger partial charge in [-0.1, -0.05) is 36.4 Å². The summed E-state index contributed by atoms with van der Waals surface area (Å²) in [5.41, 5.74) is 0.701. The molecule has 1 aliphatic carbocycles. The Hall–Kier alpha value is -1.81. The number of hydrogen-bond donors (Lipinski definition) is 2. The van der Waals surface area contributed by atoms with Crippen molar-refractivity contribution in [2.45, 2.75) is 37.2 Å². The number of urea groups is 1. The van der Waals surface area contributed by atoms with E-state index in [9.17, 15) is 9.90 Å². The maximum atomic E-state index is 12.3. The number of amides is 2. The third kappa shape index (κ3) is 3.94. The normalized spacial score (nSPS) is 25.7. The zero-order chi connectivity index (χ0) is 16.3. The van der Waals surface area contributed by atoms with E-state index < -0.39 is 5.60 Å². The molecule has 1 saturated heterocycles. The SMILES string of the molecule is C=CCC1(O)CCN(C(=O)NC[C@@H]2C[C@H]2c2ccccc2)CC1. The van der Waals surface area contributed by atoms with E-state index >= 15 is 0 Å². The minimum Gasteiger partial charge on any atom is -0.389 e. The zero-order valence-electron chi connectivity index (χ0n) is 13.6.